The molecule has 50 heavy (non-hydrogen) atoms. The fourth-order valence-corrected chi connectivity index (χ4v) is 13.5. The van der Waals surface area contributed by atoms with Gasteiger partial charge in [0.05, 0.1) is 52.7 Å². The van der Waals surface area contributed by atoms with Crippen molar-refractivity contribution in [2.75, 3.05) is 53.2 Å². The molecule has 1 aromatic rings. The lowest BCUT2D eigenvalue weighted by Crippen LogP contribution is -2.86. The van der Waals surface area contributed by atoms with Gasteiger partial charge in [-0.2, -0.15) is 0 Å². The fraction of sp³-hybridized carbons (Fsp3) is 0.757. The predicted molar refractivity (Wildman–Crippen MR) is 174 cm³/mol. The van der Waals surface area contributed by atoms with Crippen LogP contribution in [0, 0.1) is 29.1 Å². The number of hydrogen-bond donors (Lipinski definition) is 1. The lowest BCUT2D eigenvalue weighted by Gasteiger charge is -2.71. The third-order valence-corrected chi connectivity index (χ3v) is 14.7. The van der Waals surface area contributed by atoms with E-state index in [1.165, 1.54) is 0 Å². The smallest absolute Gasteiger partial charge is 0.340 e. The number of benzene rings is 1. The van der Waals surface area contributed by atoms with Crippen LogP contribution in [-0.4, -0.2) is 129 Å². The van der Waals surface area contributed by atoms with Gasteiger partial charge in [-0.25, -0.2) is 9.69 Å². The molecule has 1 aromatic carbocycles. The molecule has 2 amide bonds. The van der Waals surface area contributed by atoms with E-state index in [4.69, 9.17) is 33.2 Å². The maximum absolute atomic E-state index is 14.7. The first-order valence-corrected chi connectivity index (χ1v) is 18.1. The molecule has 0 aromatic heterocycles. The van der Waals surface area contributed by atoms with Gasteiger partial charge in [-0.1, -0.05) is 26.0 Å². The number of carbonyl (C=O) groups excluding carboxylic acids is 3. The lowest BCUT2D eigenvalue weighted by molar-refractivity contribution is -0.339. The van der Waals surface area contributed by atoms with E-state index in [0.29, 0.717) is 38.8 Å². The SMILES string of the molecule is CCN1CC2(OC(=O)c3ccccc3N3C(=O)CC(C)C3=O)CCC(OC)C34C2C(OC)C2(OCOC25CC(OC)C2CC3(O)C5C2OC)C14. The second kappa shape index (κ2) is 10.8. The van der Waals surface area contributed by atoms with E-state index in [1.54, 1.807) is 59.6 Å². The molecule has 3 heterocycles. The van der Waals surface area contributed by atoms with Crippen LogP contribution in [0.1, 0.15) is 56.3 Å². The van der Waals surface area contributed by atoms with Crippen LogP contribution >= 0.6 is 0 Å². The molecular weight excluding hydrogens is 648 g/mol. The third-order valence-electron chi connectivity index (χ3n) is 14.7. The van der Waals surface area contributed by atoms with Gasteiger partial charge in [0.1, 0.15) is 23.6 Å². The van der Waals surface area contributed by atoms with E-state index in [2.05, 4.69) is 11.8 Å². The number of fused-ring (bicyclic) bond motifs is 1. The van der Waals surface area contributed by atoms with Crippen molar-refractivity contribution in [3.8, 4) is 0 Å². The molecule has 14 unspecified atom stereocenters. The van der Waals surface area contributed by atoms with Crippen molar-refractivity contribution in [3.05, 3.63) is 29.8 Å². The summed E-state index contributed by atoms with van der Waals surface area (Å²) in [5.74, 6) is -2.98. The fourth-order valence-electron chi connectivity index (χ4n) is 13.5. The van der Waals surface area contributed by atoms with Gasteiger partial charge in [-0.15, -0.1) is 0 Å². The standard InChI is InChI=1S/C37H48N2O11/c1-7-38-17-33(50-31(42)20-10-8-9-11-22(20)39-25(40)14-19(2)30(39)41)13-12-24(45-4)36-28(33)29(47-6)37(32(36)38)35(48-18-49-37)16-23(44-3)21-15-34(36,43)27(35)26(21)46-5/h8-11,19,21,23-24,26-29,32,43H,7,12-18H2,1-6H3. The molecule has 1 N–H and O–H groups in total. The number of imide groups is 1. The molecule has 3 aliphatic heterocycles. The Kier molecular flexibility index (Phi) is 7.19. The highest BCUT2D eigenvalue weighted by atomic mass is 16.7. The molecule has 0 radical (unpaired) electrons. The number of nitrogens with zero attached hydrogens (tertiary/aromatic N) is 2. The quantitative estimate of drug-likeness (QED) is 0.314. The van der Waals surface area contributed by atoms with Crippen LogP contribution in [-0.2, 0) is 42.7 Å². The van der Waals surface area contributed by atoms with Crippen molar-refractivity contribution in [2.45, 2.75) is 98.8 Å². The summed E-state index contributed by atoms with van der Waals surface area (Å²) in [7, 11) is 6.75. The number of piperidine rings is 1. The van der Waals surface area contributed by atoms with Gasteiger partial charge in [0.2, 0.25) is 11.8 Å². The second-order valence-corrected chi connectivity index (χ2v) is 16.0. The Balaban J connectivity index is 1.25. The summed E-state index contributed by atoms with van der Waals surface area (Å²) in [5.41, 5.74) is -5.36. The highest BCUT2D eigenvalue weighted by Gasteiger charge is 2.98. The maximum atomic E-state index is 14.7. The van der Waals surface area contributed by atoms with E-state index < -0.39 is 69.8 Å². The number of likely N-dealkylation sites (tertiary alicyclic amines) is 1. The van der Waals surface area contributed by atoms with E-state index in [1.807, 2.05) is 0 Å². The summed E-state index contributed by atoms with van der Waals surface area (Å²) < 4.78 is 46.4. The first-order chi connectivity index (χ1) is 24.0. The Bertz CT molecular complexity index is 1640. The lowest BCUT2D eigenvalue weighted by atomic mass is 9.42. The van der Waals surface area contributed by atoms with Crippen LogP contribution in [0.3, 0.4) is 0 Å². The molecule has 8 fully saturated rings. The van der Waals surface area contributed by atoms with Crippen LogP contribution < -0.4 is 4.90 Å². The summed E-state index contributed by atoms with van der Waals surface area (Å²) in [6.07, 6.45) is 0.172. The van der Waals surface area contributed by atoms with Gasteiger partial charge in [0, 0.05) is 71.5 Å². The molecule has 8 aliphatic rings. The van der Waals surface area contributed by atoms with Gasteiger partial charge in [-0.3, -0.25) is 14.5 Å². The van der Waals surface area contributed by atoms with Gasteiger partial charge in [0.25, 0.3) is 0 Å². The van der Waals surface area contributed by atoms with E-state index >= 15 is 0 Å². The highest BCUT2D eigenvalue weighted by molar-refractivity contribution is 6.22. The van der Waals surface area contributed by atoms with Crippen LogP contribution in [0.25, 0.3) is 0 Å². The van der Waals surface area contributed by atoms with Crippen molar-refractivity contribution in [3.63, 3.8) is 0 Å². The van der Waals surface area contributed by atoms with Crippen LogP contribution in [0.2, 0.25) is 0 Å². The number of para-hydroxylation sites is 1. The summed E-state index contributed by atoms with van der Waals surface area (Å²) in [4.78, 5) is 44.3. The number of aliphatic hydroxyl groups is 1. The Hall–Kier alpha value is -2.49. The number of anilines is 1. The normalized spacial score (nSPS) is 49.8. The second-order valence-electron chi connectivity index (χ2n) is 16.0. The number of ether oxygens (including phenoxy) is 7. The van der Waals surface area contributed by atoms with Crippen LogP contribution in [0.15, 0.2) is 24.3 Å². The number of amides is 2. The third kappa shape index (κ3) is 3.41. The molecule has 3 spiro atoms. The predicted octanol–water partition coefficient (Wildman–Crippen LogP) is 1.92. The number of carbonyl (C=O) groups is 3. The van der Waals surface area contributed by atoms with Crippen LogP contribution in [0.4, 0.5) is 5.69 Å². The Labute approximate surface area is 291 Å². The summed E-state index contributed by atoms with van der Waals surface area (Å²) in [5, 5.41) is 13.8. The molecule has 13 heteroatoms. The summed E-state index contributed by atoms with van der Waals surface area (Å²) in [6, 6.07) is 6.23. The average molecular weight is 697 g/mol. The topological polar surface area (TPSA) is 143 Å². The Morgan fingerprint density at radius 3 is 2.46 bits per heavy atom. The molecule has 5 saturated carbocycles. The largest absolute Gasteiger partial charge is 0.454 e. The zero-order chi connectivity index (χ0) is 35.2. The van der Waals surface area contributed by atoms with Gasteiger partial charge in [0.15, 0.2) is 0 Å². The summed E-state index contributed by atoms with van der Waals surface area (Å²) in [6.45, 7) is 4.74. The zero-order valence-corrected chi connectivity index (χ0v) is 29.6. The number of hydrogen-bond acceptors (Lipinski definition) is 12. The Morgan fingerprint density at radius 1 is 1.02 bits per heavy atom. The van der Waals surface area contributed by atoms with Gasteiger partial charge >= 0.3 is 5.97 Å². The number of esters is 1. The first-order valence-electron chi connectivity index (χ1n) is 18.1. The average Bonchev–Trinajstić information content (AvgIpc) is 3.75. The number of rotatable bonds is 8. The highest BCUT2D eigenvalue weighted by Crippen LogP contribution is 2.83. The van der Waals surface area contributed by atoms with Crippen molar-refractivity contribution in [1.82, 2.24) is 4.90 Å². The molecule has 14 atom stereocenters. The van der Waals surface area contributed by atoms with E-state index in [0.717, 1.165) is 4.90 Å². The summed E-state index contributed by atoms with van der Waals surface area (Å²) >= 11 is 0. The minimum atomic E-state index is -1.40. The zero-order valence-electron chi connectivity index (χ0n) is 29.6. The monoisotopic (exact) mass is 696 g/mol. The van der Waals surface area contributed by atoms with Crippen molar-refractivity contribution >= 4 is 23.5 Å². The van der Waals surface area contributed by atoms with Crippen molar-refractivity contribution < 1.29 is 52.6 Å². The molecule has 272 valence electrons. The van der Waals surface area contributed by atoms with E-state index in [-0.39, 0.29) is 54.4 Å². The van der Waals surface area contributed by atoms with Gasteiger partial charge in [-0.05, 0) is 37.9 Å². The van der Waals surface area contributed by atoms with E-state index in [9.17, 15) is 19.5 Å². The number of likely N-dealkylation sites (N-methyl/N-ethyl adjacent to an activating group) is 1. The van der Waals surface area contributed by atoms with Crippen molar-refractivity contribution in [1.29, 1.82) is 0 Å². The molecule has 5 aliphatic carbocycles. The molecule has 3 saturated heterocycles. The van der Waals surface area contributed by atoms with Crippen LogP contribution in [0.5, 0.6) is 0 Å². The minimum absolute atomic E-state index is 0.00888. The van der Waals surface area contributed by atoms with Crippen molar-refractivity contribution in [2.24, 2.45) is 29.1 Å². The maximum Gasteiger partial charge on any atom is 0.340 e. The molecule has 7 bridgehead atoms. The molecular formula is C37H48N2O11. The first kappa shape index (κ1) is 33.4. The minimum Gasteiger partial charge on any atom is -0.454 e. The molecule has 13 nitrogen and oxygen atoms in total. The van der Waals surface area contributed by atoms with Gasteiger partial charge < -0.3 is 38.3 Å². The molecule has 9 rings (SSSR count). The number of methoxy groups -OCH3 is 4. The Morgan fingerprint density at radius 2 is 1.80 bits per heavy atom.